The maximum Gasteiger partial charge on any atom is 0.157 e. The lowest BCUT2D eigenvalue weighted by atomic mass is 9.65. The molecular weight excluding hydrogens is 472 g/mol. The van der Waals surface area contributed by atoms with Crippen molar-refractivity contribution in [2.24, 2.45) is 17.3 Å². The predicted octanol–water partition coefficient (Wildman–Crippen LogP) is 7.64. The van der Waals surface area contributed by atoms with Gasteiger partial charge < -0.3 is 19.3 Å². The molecule has 0 spiro atoms. The summed E-state index contributed by atoms with van der Waals surface area (Å²) >= 11 is 0. The van der Waals surface area contributed by atoms with Crippen molar-refractivity contribution in [2.45, 2.75) is 116 Å². The Morgan fingerprint density at radius 3 is 2.71 bits per heavy atom. The van der Waals surface area contributed by atoms with E-state index < -0.39 is 0 Å². The average Bonchev–Trinajstić information content (AvgIpc) is 3.18. The van der Waals surface area contributed by atoms with Gasteiger partial charge in [-0.25, -0.2) is 0 Å². The van der Waals surface area contributed by atoms with Gasteiger partial charge in [-0.05, 0) is 97.8 Å². The van der Waals surface area contributed by atoms with Crippen LogP contribution in [0.25, 0.3) is 0 Å². The number of hydrogen-bond acceptors (Lipinski definition) is 4. The summed E-state index contributed by atoms with van der Waals surface area (Å²) in [5.74, 6) is 1.84. The zero-order chi connectivity index (χ0) is 26.4. The van der Waals surface area contributed by atoms with Gasteiger partial charge in [0, 0.05) is 6.61 Å². The molecule has 2 aromatic rings. The second-order valence-corrected chi connectivity index (χ2v) is 12.4. The molecule has 4 heteroatoms. The Labute approximate surface area is 230 Å². The van der Waals surface area contributed by atoms with E-state index in [-0.39, 0.29) is 23.9 Å². The minimum atomic E-state index is -0.241. The van der Waals surface area contributed by atoms with Crippen LogP contribution in [0.3, 0.4) is 0 Å². The van der Waals surface area contributed by atoms with E-state index in [0.717, 1.165) is 63.7 Å². The van der Waals surface area contributed by atoms with Crippen LogP contribution in [0, 0.1) is 17.3 Å². The molecule has 2 aromatic carbocycles. The van der Waals surface area contributed by atoms with Crippen LogP contribution in [-0.4, -0.2) is 30.2 Å². The van der Waals surface area contributed by atoms with Crippen LogP contribution >= 0.6 is 0 Å². The highest BCUT2D eigenvalue weighted by Crippen LogP contribution is 2.56. The van der Waals surface area contributed by atoms with Gasteiger partial charge in [-0.1, -0.05) is 75.6 Å². The Bertz CT molecular complexity index is 1000. The number of rotatable bonds is 12. The Hall–Kier alpha value is -1.88. The molecule has 1 aliphatic heterocycles. The van der Waals surface area contributed by atoms with E-state index in [2.05, 4.69) is 56.3 Å². The van der Waals surface area contributed by atoms with Crippen molar-refractivity contribution in [3.63, 3.8) is 0 Å². The fourth-order valence-electron chi connectivity index (χ4n) is 7.39. The largest absolute Gasteiger partial charge is 0.489 e. The standard InChI is InChI=1S/C34H48O4/c1-3-4-6-15-27(38-33-17-9-10-20-36-33)18-19-28-30-21-26-14-11-16-32(37-24-25-12-7-5-8-13-25)29(26)22-34(30,2)23-31(28)35/h5,7-8,11-14,16,27-28,30-31,33,35H,3-4,6,9-10,15,17-24H2,1-2H3/t27-,28+,30+,31+,33?,34-/m0/s1. The van der Waals surface area contributed by atoms with Crippen LogP contribution in [0.4, 0.5) is 0 Å². The van der Waals surface area contributed by atoms with Crippen LogP contribution in [0.15, 0.2) is 48.5 Å². The third-order valence-corrected chi connectivity index (χ3v) is 9.50. The smallest absolute Gasteiger partial charge is 0.157 e. The number of benzene rings is 2. The molecule has 1 saturated heterocycles. The minimum Gasteiger partial charge on any atom is -0.489 e. The zero-order valence-corrected chi connectivity index (χ0v) is 23.6. The molecule has 2 fully saturated rings. The Morgan fingerprint density at radius 1 is 1.05 bits per heavy atom. The van der Waals surface area contributed by atoms with Crippen molar-refractivity contribution in [2.75, 3.05) is 6.61 Å². The van der Waals surface area contributed by atoms with Crippen LogP contribution < -0.4 is 4.74 Å². The third-order valence-electron chi connectivity index (χ3n) is 9.50. The van der Waals surface area contributed by atoms with Gasteiger partial charge in [-0.3, -0.25) is 0 Å². The monoisotopic (exact) mass is 520 g/mol. The number of fused-ring (bicyclic) bond motifs is 2. The van der Waals surface area contributed by atoms with Crippen molar-refractivity contribution in [3.05, 3.63) is 65.2 Å². The number of unbranched alkanes of at least 4 members (excludes halogenated alkanes) is 2. The summed E-state index contributed by atoms with van der Waals surface area (Å²) in [5.41, 5.74) is 4.05. The van der Waals surface area contributed by atoms with Crippen LogP contribution in [-0.2, 0) is 28.9 Å². The first-order valence-electron chi connectivity index (χ1n) is 15.3. The minimum absolute atomic E-state index is 0.0370. The number of hydrogen-bond donors (Lipinski definition) is 1. The summed E-state index contributed by atoms with van der Waals surface area (Å²) in [6, 6.07) is 16.9. The first-order chi connectivity index (χ1) is 18.6. The molecule has 0 bridgehead atoms. The summed E-state index contributed by atoms with van der Waals surface area (Å²) in [6.07, 6.45) is 13.1. The number of ether oxygens (including phenoxy) is 3. The van der Waals surface area contributed by atoms with E-state index in [4.69, 9.17) is 14.2 Å². The molecule has 1 unspecified atom stereocenters. The fraction of sp³-hybridized carbons (Fsp3) is 0.647. The highest BCUT2D eigenvalue weighted by molar-refractivity contribution is 5.44. The summed E-state index contributed by atoms with van der Waals surface area (Å²) in [6.45, 7) is 6.08. The second kappa shape index (κ2) is 13.0. The van der Waals surface area contributed by atoms with E-state index in [1.165, 1.54) is 42.4 Å². The molecule has 0 aromatic heterocycles. The van der Waals surface area contributed by atoms with E-state index in [1.54, 1.807) is 0 Å². The Balaban J connectivity index is 1.25. The topological polar surface area (TPSA) is 47.9 Å². The lowest BCUT2D eigenvalue weighted by Gasteiger charge is -2.40. The fourth-order valence-corrected chi connectivity index (χ4v) is 7.39. The lowest BCUT2D eigenvalue weighted by molar-refractivity contribution is -0.191. The Kier molecular flexibility index (Phi) is 9.46. The van der Waals surface area contributed by atoms with E-state index in [9.17, 15) is 5.11 Å². The van der Waals surface area contributed by atoms with Crippen molar-refractivity contribution in [1.82, 2.24) is 0 Å². The van der Waals surface area contributed by atoms with E-state index in [1.807, 2.05) is 6.07 Å². The summed E-state index contributed by atoms with van der Waals surface area (Å²) < 4.78 is 18.8. The van der Waals surface area contributed by atoms with Gasteiger partial charge in [0.1, 0.15) is 12.4 Å². The van der Waals surface area contributed by atoms with Crippen molar-refractivity contribution in [1.29, 1.82) is 0 Å². The molecule has 1 N–H and O–H groups in total. The molecule has 38 heavy (non-hydrogen) atoms. The third kappa shape index (κ3) is 6.63. The van der Waals surface area contributed by atoms with Crippen LogP contribution in [0.2, 0.25) is 0 Å². The predicted molar refractivity (Wildman–Crippen MR) is 152 cm³/mol. The van der Waals surface area contributed by atoms with Crippen molar-refractivity contribution < 1.29 is 19.3 Å². The zero-order valence-electron chi connectivity index (χ0n) is 23.6. The molecule has 2 aliphatic carbocycles. The molecule has 1 heterocycles. The first-order valence-corrected chi connectivity index (χ1v) is 15.3. The van der Waals surface area contributed by atoms with Crippen LogP contribution in [0.5, 0.6) is 5.75 Å². The van der Waals surface area contributed by atoms with Crippen LogP contribution in [0.1, 0.15) is 94.7 Å². The highest BCUT2D eigenvalue weighted by atomic mass is 16.7. The summed E-state index contributed by atoms with van der Waals surface area (Å²) in [4.78, 5) is 0. The maximum absolute atomic E-state index is 11.3. The maximum atomic E-state index is 11.3. The lowest BCUT2D eigenvalue weighted by Crippen LogP contribution is -2.35. The average molecular weight is 521 g/mol. The molecule has 5 rings (SSSR count). The molecule has 3 aliphatic rings. The van der Waals surface area contributed by atoms with E-state index in [0.29, 0.717) is 18.4 Å². The second-order valence-electron chi connectivity index (χ2n) is 12.4. The number of aliphatic hydroxyl groups is 1. The van der Waals surface area contributed by atoms with Gasteiger partial charge in [0.05, 0.1) is 12.2 Å². The summed E-state index contributed by atoms with van der Waals surface area (Å²) in [7, 11) is 0. The molecule has 6 atom stereocenters. The highest BCUT2D eigenvalue weighted by Gasteiger charge is 2.52. The molecule has 1 saturated carbocycles. The van der Waals surface area contributed by atoms with Crippen molar-refractivity contribution in [3.8, 4) is 5.75 Å². The van der Waals surface area contributed by atoms with Gasteiger partial charge in [-0.15, -0.1) is 0 Å². The molecule has 4 nitrogen and oxygen atoms in total. The molecule has 208 valence electrons. The van der Waals surface area contributed by atoms with Gasteiger partial charge in [0.2, 0.25) is 0 Å². The first kappa shape index (κ1) is 27.7. The van der Waals surface area contributed by atoms with Crippen molar-refractivity contribution >= 4 is 0 Å². The molecular formula is C34H48O4. The number of aliphatic hydroxyl groups excluding tert-OH is 1. The molecule has 0 amide bonds. The quantitative estimate of drug-likeness (QED) is 0.292. The molecule has 0 radical (unpaired) electrons. The van der Waals surface area contributed by atoms with E-state index >= 15 is 0 Å². The van der Waals surface area contributed by atoms with Gasteiger partial charge in [0.25, 0.3) is 0 Å². The summed E-state index contributed by atoms with van der Waals surface area (Å²) in [5, 5.41) is 11.3. The van der Waals surface area contributed by atoms with Gasteiger partial charge >= 0.3 is 0 Å². The van der Waals surface area contributed by atoms with Gasteiger partial charge in [0.15, 0.2) is 6.29 Å². The SMILES string of the molecule is CCCCC[C@@H](CC[C@H]1[C@H](O)C[C@]2(C)Cc3c(cccc3OCc3ccccc3)C[C@H]12)OC1CCCCO1. The van der Waals surface area contributed by atoms with Gasteiger partial charge in [-0.2, -0.15) is 0 Å². The Morgan fingerprint density at radius 2 is 1.92 bits per heavy atom. The normalized spacial score (nSPS) is 29.4.